The molecular formula is C18H13Cl2NO3. The van der Waals surface area contributed by atoms with Crippen LogP contribution in [0.4, 0.5) is 5.69 Å². The number of rotatable bonds is 5. The Morgan fingerprint density at radius 3 is 2.42 bits per heavy atom. The Hall–Kier alpha value is -2.35. The first kappa shape index (κ1) is 18.0. The third-order valence-electron chi connectivity index (χ3n) is 3.43. The normalized spacial score (nSPS) is 10.1. The number of nitrogens with zero attached hydrogens (tertiary/aromatic N) is 1. The van der Waals surface area contributed by atoms with Crippen molar-refractivity contribution in [3.05, 3.63) is 74.6 Å². The highest BCUT2D eigenvalue weighted by molar-refractivity contribution is 6.39. The zero-order valence-electron chi connectivity index (χ0n) is 12.8. The number of methoxy groups -OCH3 is 1. The van der Waals surface area contributed by atoms with Crippen LogP contribution in [0.2, 0.25) is 10.0 Å². The summed E-state index contributed by atoms with van der Waals surface area (Å²) in [7, 11) is 1.23. The Bertz CT molecular complexity index is 817. The minimum absolute atomic E-state index is 0.0436. The van der Waals surface area contributed by atoms with Gasteiger partial charge in [0.1, 0.15) is 0 Å². The highest BCUT2D eigenvalue weighted by atomic mass is 35.5. The van der Waals surface area contributed by atoms with Crippen molar-refractivity contribution >= 4 is 40.6 Å². The molecule has 0 bridgehead atoms. The number of hydrogen-bond donors (Lipinski definition) is 0. The van der Waals surface area contributed by atoms with Crippen LogP contribution in [0.3, 0.4) is 0 Å². The number of ether oxygens (including phenoxy) is 1. The highest BCUT2D eigenvalue weighted by Gasteiger charge is 2.18. The van der Waals surface area contributed by atoms with Gasteiger partial charge in [0.05, 0.1) is 29.3 Å². The van der Waals surface area contributed by atoms with Crippen molar-refractivity contribution in [2.24, 2.45) is 0 Å². The molecule has 0 aliphatic heterocycles. The Balaban J connectivity index is 2.15. The van der Waals surface area contributed by atoms with Crippen LogP contribution in [-0.4, -0.2) is 18.9 Å². The number of carbonyl (C=O) groups excluding carboxylic acids is 2. The molecule has 0 saturated carbocycles. The molecule has 0 spiro atoms. The van der Waals surface area contributed by atoms with Gasteiger partial charge in [-0.15, -0.1) is 0 Å². The maximum absolute atomic E-state index is 12.3. The topological polar surface area (TPSA) is 47.7 Å². The summed E-state index contributed by atoms with van der Waals surface area (Å²) in [6.07, 6.45) is 0.738. The number of ketones is 1. The third-order valence-corrected chi connectivity index (χ3v) is 4.03. The van der Waals surface area contributed by atoms with Crippen LogP contribution in [0.1, 0.15) is 32.7 Å². The van der Waals surface area contributed by atoms with E-state index in [1.807, 2.05) is 6.07 Å². The smallest absolute Gasteiger partial charge is 0.340 e. The highest BCUT2D eigenvalue weighted by Crippen LogP contribution is 2.28. The van der Waals surface area contributed by atoms with Crippen molar-refractivity contribution in [2.45, 2.75) is 12.8 Å². The van der Waals surface area contributed by atoms with Gasteiger partial charge in [0.2, 0.25) is 0 Å². The van der Waals surface area contributed by atoms with Crippen molar-refractivity contribution in [3.63, 3.8) is 0 Å². The number of esters is 1. The number of hydrogen-bond acceptors (Lipinski definition) is 3. The molecule has 0 fully saturated rings. The fourth-order valence-electron chi connectivity index (χ4n) is 2.21. The standard InChI is InChI=1S/C18H13Cl2NO3/c1-21-13-5-3-4-11(8-13)6-7-16(22)12-9-14(19)17(15(20)10-12)18(23)24-2/h3-5,8-10H,6-7H2,2H3. The van der Waals surface area contributed by atoms with E-state index in [0.29, 0.717) is 17.7 Å². The number of aryl methyl sites for hydroxylation is 1. The summed E-state index contributed by atoms with van der Waals surface area (Å²) in [5.41, 5.74) is 1.81. The molecule has 2 rings (SSSR count). The molecule has 2 aromatic rings. The van der Waals surface area contributed by atoms with Crippen molar-refractivity contribution in [1.29, 1.82) is 0 Å². The van der Waals surface area contributed by atoms with Crippen LogP contribution >= 0.6 is 23.2 Å². The molecule has 0 radical (unpaired) electrons. The summed E-state index contributed by atoms with van der Waals surface area (Å²) in [6, 6.07) is 9.94. The molecule has 0 heterocycles. The lowest BCUT2D eigenvalue weighted by atomic mass is 10.0. The van der Waals surface area contributed by atoms with Crippen LogP contribution in [0.25, 0.3) is 4.85 Å². The van der Waals surface area contributed by atoms with E-state index in [4.69, 9.17) is 29.8 Å². The van der Waals surface area contributed by atoms with E-state index in [1.165, 1.54) is 19.2 Å². The second-order valence-electron chi connectivity index (χ2n) is 5.01. The van der Waals surface area contributed by atoms with Crippen LogP contribution in [0.5, 0.6) is 0 Å². The molecule has 122 valence electrons. The molecule has 6 heteroatoms. The van der Waals surface area contributed by atoms with E-state index in [0.717, 1.165) is 5.56 Å². The number of carbonyl (C=O) groups is 2. The molecule has 0 saturated heterocycles. The Morgan fingerprint density at radius 1 is 1.17 bits per heavy atom. The van der Waals surface area contributed by atoms with Crippen LogP contribution in [0, 0.1) is 6.57 Å². The summed E-state index contributed by atoms with van der Waals surface area (Å²) < 4.78 is 4.61. The zero-order valence-corrected chi connectivity index (χ0v) is 14.3. The Kier molecular flexibility index (Phi) is 5.97. The summed E-state index contributed by atoms with van der Waals surface area (Å²) in [6.45, 7) is 7.00. The van der Waals surface area contributed by atoms with Gasteiger partial charge in [0, 0.05) is 12.0 Å². The predicted molar refractivity (Wildman–Crippen MR) is 93.2 cm³/mol. The molecule has 0 N–H and O–H groups in total. The van der Waals surface area contributed by atoms with E-state index in [9.17, 15) is 9.59 Å². The summed E-state index contributed by atoms with van der Waals surface area (Å²) in [5, 5.41) is 0.153. The largest absolute Gasteiger partial charge is 0.465 e. The predicted octanol–water partition coefficient (Wildman–Crippen LogP) is 5.15. The number of halogens is 2. The van der Waals surface area contributed by atoms with Crippen molar-refractivity contribution in [1.82, 2.24) is 0 Å². The van der Waals surface area contributed by atoms with E-state index in [2.05, 4.69) is 9.58 Å². The first-order valence-electron chi connectivity index (χ1n) is 7.03. The van der Waals surface area contributed by atoms with Crippen LogP contribution < -0.4 is 0 Å². The lowest BCUT2D eigenvalue weighted by Crippen LogP contribution is -2.07. The van der Waals surface area contributed by atoms with Crippen molar-refractivity contribution in [2.75, 3.05) is 7.11 Å². The number of Topliss-reactive ketones (excluding diaryl/α,β-unsaturated/α-hetero) is 1. The molecule has 24 heavy (non-hydrogen) atoms. The first-order chi connectivity index (χ1) is 11.5. The fraction of sp³-hybridized carbons (Fsp3) is 0.167. The third kappa shape index (κ3) is 4.14. The second kappa shape index (κ2) is 7.96. The minimum atomic E-state index is -0.653. The Labute approximate surface area is 149 Å². The quantitative estimate of drug-likeness (QED) is 0.420. The average molecular weight is 362 g/mol. The van der Waals surface area contributed by atoms with Gasteiger partial charge in [-0.2, -0.15) is 0 Å². The SMILES string of the molecule is [C-]#[N+]c1cccc(CCC(=O)c2cc(Cl)c(C(=O)OC)c(Cl)c2)c1. The van der Waals surface area contributed by atoms with Crippen LogP contribution in [0.15, 0.2) is 36.4 Å². The molecule has 2 aromatic carbocycles. The van der Waals surface area contributed by atoms with E-state index >= 15 is 0 Å². The van der Waals surface area contributed by atoms with Gasteiger partial charge < -0.3 is 4.74 Å². The van der Waals surface area contributed by atoms with E-state index in [1.54, 1.807) is 18.2 Å². The van der Waals surface area contributed by atoms with Gasteiger partial charge in [-0.25, -0.2) is 9.64 Å². The van der Waals surface area contributed by atoms with E-state index < -0.39 is 5.97 Å². The summed E-state index contributed by atoms with van der Waals surface area (Å²) in [5.74, 6) is -0.802. The van der Waals surface area contributed by atoms with Gasteiger partial charge in [-0.1, -0.05) is 53.0 Å². The second-order valence-corrected chi connectivity index (χ2v) is 5.83. The average Bonchev–Trinajstić information content (AvgIpc) is 2.58. The molecule has 0 atom stereocenters. The van der Waals surface area contributed by atoms with Crippen molar-refractivity contribution in [3.8, 4) is 0 Å². The molecule has 0 unspecified atom stereocenters. The van der Waals surface area contributed by atoms with Gasteiger partial charge in [0.25, 0.3) is 0 Å². The molecule has 0 amide bonds. The number of benzene rings is 2. The maximum atomic E-state index is 12.3. The molecular weight excluding hydrogens is 349 g/mol. The lowest BCUT2D eigenvalue weighted by molar-refractivity contribution is 0.0600. The zero-order chi connectivity index (χ0) is 17.7. The minimum Gasteiger partial charge on any atom is -0.465 e. The van der Waals surface area contributed by atoms with Crippen LogP contribution in [-0.2, 0) is 11.2 Å². The monoisotopic (exact) mass is 361 g/mol. The summed E-state index contributed by atoms with van der Waals surface area (Å²) in [4.78, 5) is 27.3. The van der Waals surface area contributed by atoms with Crippen molar-refractivity contribution < 1.29 is 14.3 Å². The molecule has 0 aliphatic rings. The molecule has 0 aliphatic carbocycles. The lowest BCUT2D eigenvalue weighted by Gasteiger charge is -2.08. The first-order valence-corrected chi connectivity index (χ1v) is 7.78. The fourth-order valence-corrected chi connectivity index (χ4v) is 2.86. The molecule has 0 aromatic heterocycles. The van der Waals surface area contributed by atoms with Gasteiger partial charge in [0.15, 0.2) is 11.5 Å². The Morgan fingerprint density at radius 2 is 1.83 bits per heavy atom. The van der Waals surface area contributed by atoms with E-state index in [-0.39, 0.29) is 27.8 Å². The molecule has 4 nitrogen and oxygen atoms in total. The van der Waals surface area contributed by atoms with Gasteiger partial charge in [-0.3, -0.25) is 4.79 Å². The van der Waals surface area contributed by atoms with Gasteiger partial charge in [-0.05, 0) is 18.6 Å². The van der Waals surface area contributed by atoms with Gasteiger partial charge >= 0.3 is 5.97 Å². The maximum Gasteiger partial charge on any atom is 0.340 e. The summed E-state index contributed by atoms with van der Waals surface area (Å²) >= 11 is 12.1.